The van der Waals surface area contributed by atoms with Crippen LogP contribution in [0.25, 0.3) is 0 Å². The van der Waals surface area contributed by atoms with E-state index in [-0.39, 0.29) is 11.9 Å². The van der Waals surface area contributed by atoms with Crippen molar-refractivity contribution in [3.05, 3.63) is 29.6 Å². The van der Waals surface area contributed by atoms with E-state index < -0.39 is 0 Å². The zero-order chi connectivity index (χ0) is 13.0. The second-order valence-electron chi connectivity index (χ2n) is 4.60. The molecule has 0 saturated carbocycles. The topological polar surface area (TPSA) is 15.3 Å². The molecule has 17 heavy (non-hydrogen) atoms. The van der Waals surface area contributed by atoms with Crippen molar-refractivity contribution >= 4 is 5.69 Å². The van der Waals surface area contributed by atoms with Gasteiger partial charge in [0.15, 0.2) is 0 Å². The largest absolute Gasteiger partial charge is 0.367 e. The van der Waals surface area contributed by atoms with Gasteiger partial charge in [0.1, 0.15) is 5.82 Å². The number of hydrogen-bond acceptors (Lipinski definition) is 2. The molecule has 1 N–H and O–H groups in total. The molecule has 1 aromatic rings. The lowest BCUT2D eigenvalue weighted by molar-refractivity contribution is 0.592. The summed E-state index contributed by atoms with van der Waals surface area (Å²) in [6.45, 7) is 9.04. The molecule has 1 rings (SSSR count). The molecule has 96 valence electrons. The van der Waals surface area contributed by atoms with Gasteiger partial charge >= 0.3 is 0 Å². The third-order valence-electron chi connectivity index (χ3n) is 3.18. The van der Waals surface area contributed by atoms with E-state index in [0.29, 0.717) is 11.7 Å². The van der Waals surface area contributed by atoms with Crippen LogP contribution in [-0.4, -0.2) is 19.6 Å². The minimum Gasteiger partial charge on any atom is -0.367 e. The summed E-state index contributed by atoms with van der Waals surface area (Å²) < 4.78 is 14.1. The van der Waals surface area contributed by atoms with Crippen LogP contribution >= 0.6 is 0 Å². The molecule has 0 radical (unpaired) electrons. The zero-order valence-corrected chi connectivity index (χ0v) is 11.4. The molecule has 1 atom stereocenters. The van der Waals surface area contributed by atoms with Crippen molar-refractivity contribution in [2.24, 2.45) is 0 Å². The SMILES string of the molecule is CCN(c1ccc(C(C)NC)cc1F)C(C)C. The molecule has 0 amide bonds. The maximum atomic E-state index is 14.1. The third kappa shape index (κ3) is 3.19. The molecular formula is C14H23FN2. The Morgan fingerprint density at radius 2 is 1.94 bits per heavy atom. The molecule has 0 bridgehead atoms. The summed E-state index contributed by atoms with van der Waals surface area (Å²) >= 11 is 0. The van der Waals surface area contributed by atoms with Crippen LogP contribution in [0.15, 0.2) is 18.2 Å². The molecular weight excluding hydrogens is 215 g/mol. The molecule has 0 fully saturated rings. The Hall–Kier alpha value is -1.09. The molecule has 0 spiro atoms. The Morgan fingerprint density at radius 1 is 1.29 bits per heavy atom. The lowest BCUT2D eigenvalue weighted by Crippen LogP contribution is -2.31. The number of rotatable bonds is 5. The van der Waals surface area contributed by atoms with Gasteiger partial charge in [-0.1, -0.05) is 6.07 Å². The molecule has 3 heteroatoms. The van der Waals surface area contributed by atoms with Crippen LogP contribution in [0.5, 0.6) is 0 Å². The van der Waals surface area contributed by atoms with E-state index in [2.05, 4.69) is 24.1 Å². The maximum Gasteiger partial charge on any atom is 0.146 e. The second kappa shape index (κ2) is 6.01. The normalized spacial score (nSPS) is 12.9. The molecule has 0 aliphatic carbocycles. The Kier molecular flexibility index (Phi) is 4.94. The van der Waals surface area contributed by atoms with Crippen LogP contribution in [-0.2, 0) is 0 Å². The Bertz CT molecular complexity index is 363. The highest BCUT2D eigenvalue weighted by atomic mass is 19.1. The zero-order valence-electron chi connectivity index (χ0n) is 11.4. The first-order valence-corrected chi connectivity index (χ1v) is 6.24. The Balaban J connectivity index is 3.04. The first-order valence-electron chi connectivity index (χ1n) is 6.24. The van der Waals surface area contributed by atoms with Gasteiger partial charge in [-0.25, -0.2) is 4.39 Å². The summed E-state index contributed by atoms with van der Waals surface area (Å²) in [7, 11) is 1.88. The summed E-state index contributed by atoms with van der Waals surface area (Å²) in [4.78, 5) is 2.06. The fourth-order valence-electron chi connectivity index (χ4n) is 2.01. The van der Waals surface area contributed by atoms with E-state index in [0.717, 1.165) is 12.1 Å². The average molecular weight is 238 g/mol. The maximum absolute atomic E-state index is 14.1. The first kappa shape index (κ1) is 14.0. The highest BCUT2D eigenvalue weighted by Crippen LogP contribution is 2.24. The van der Waals surface area contributed by atoms with Crippen LogP contribution < -0.4 is 10.2 Å². The van der Waals surface area contributed by atoms with E-state index in [1.165, 1.54) is 0 Å². The minimum atomic E-state index is -0.139. The number of benzene rings is 1. The predicted molar refractivity (Wildman–Crippen MR) is 72.0 cm³/mol. The number of hydrogen-bond donors (Lipinski definition) is 1. The van der Waals surface area contributed by atoms with Gasteiger partial charge in [0, 0.05) is 18.6 Å². The Labute approximate surface area is 104 Å². The molecule has 1 aromatic carbocycles. The Morgan fingerprint density at radius 3 is 2.35 bits per heavy atom. The number of anilines is 1. The summed E-state index contributed by atoms with van der Waals surface area (Å²) in [5, 5.41) is 3.11. The van der Waals surface area contributed by atoms with Gasteiger partial charge in [0.2, 0.25) is 0 Å². The molecule has 0 aliphatic rings. The molecule has 1 unspecified atom stereocenters. The summed E-state index contributed by atoms with van der Waals surface area (Å²) in [6.07, 6.45) is 0. The highest BCUT2D eigenvalue weighted by Gasteiger charge is 2.14. The van der Waals surface area contributed by atoms with Crippen LogP contribution in [0.3, 0.4) is 0 Å². The van der Waals surface area contributed by atoms with Gasteiger partial charge in [-0.15, -0.1) is 0 Å². The van der Waals surface area contributed by atoms with E-state index in [1.54, 1.807) is 6.07 Å². The molecule has 0 aromatic heterocycles. The third-order valence-corrected chi connectivity index (χ3v) is 3.18. The van der Waals surface area contributed by atoms with Crippen molar-refractivity contribution in [3.63, 3.8) is 0 Å². The monoisotopic (exact) mass is 238 g/mol. The lowest BCUT2D eigenvalue weighted by Gasteiger charge is -2.28. The fraction of sp³-hybridized carbons (Fsp3) is 0.571. The van der Waals surface area contributed by atoms with Gasteiger partial charge in [-0.05, 0) is 52.4 Å². The summed E-state index contributed by atoms with van der Waals surface area (Å²) in [6, 6.07) is 5.98. The summed E-state index contributed by atoms with van der Waals surface area (Å²) in [5.41, 5.74) is 1.67. The van der Waals surface area contributed by atoms with Crippen molar-refractivity contribution in [1.82, 2.24) is 5.32 Å². The van der Waals surface area contributed by atoms with Gasteiger partial charge in [0.05, 0.1) is 5.69 Å². The molecule has 0 aliphatic heterocycles. The lowest BCUT2D eigenvalue weighted by atomic mass is 10.1. The predicted octanol–water partition coefficient (Wildman–Crippen LogP) is 3.34. The van der Waals surface area contributed by atoms with E-state index in [9.17, 15) is 4.39 Å². The van der Waals surface area contributed by atoms with Crippen LogP contribution in [0.1, 0.15) is 39.3 Å². The standard InChI is InChI=1S/C14H23FN2/c1-6-17(10(2)3)14-8-7-12(9-13(14)15)11(4)16-5/h7-11,16H,6H2,1-5H3. The molecule has 0 saturated heterocycles. The van der Waals surface area contributed by atoms with Crippen molar-refractivity contribution < 1.29 is 4.39 Å². The van der Waals surface area contributed by atoms with Gasteiger partial charge in [-0.3, -0.25) is 0 Å². The second-order valence-corrected chi connectivity index (χ2v) is 4.60. The van der Waals surface area contributed by atoms with Crippen LogP contribution in [0, 0.1) is 5.82 Å². The average Bonchev–Trinajstić information content (AvgIpc) is 2.30. The van der Waals surface area contributed by atoms with Crippen molar-refractivity contribution in [2.75, 3.05) is 18.5 Å². The van der Waals surface area contributed by atoms with Crippen LogP contribution in [0.4, 0.5) is 10.1 Å². The number of nitrogens with one attached hydrogen (secondary N) is 1. The van der Waals surface area contributed by atoms with Crippen LogP contribution in [0.2, 0.25) is 0 Å². The van der Waals surface area contributed by atoms with E-state index in [4.69, 9.17) is 0 Å². The van der Waals surface area contributed by atoms with E-state index >= 15 is 0 Å². The fourth-order valence-corrected chi connectivity index (χ4v) is 2.01. The highest BCUT2D eigenvalue weighted by molar-refractivity contribution is 5.50. The summed E-state index contributed by atoms with van der Waals surface area (Å²) in [5.74, 6) is -0.139. The quantitative estimate of drug-likeness (QED) is 0.846. The number of nitrogens with zero attached hydrogens (tertiary/aromatic N) is 1. The molecule has 2 nitrogen and oxygen atoms in total. The van der Waals surface area contributed by atoms with Crippen molar-refractivity contribution in [3.8, 4) is 0 Å². The van der Waals surface area contributed by atoms with Crippen molar-refractivity contribution in [2.45, 2.75) is 39.8 Å². The van der Waals surface area contributed by atoms with Crippen molar-refractivity contribution in [1.29, 1.82) is 0 Å². The smallest absolute Gasteiger partial charge is 0.146 e. The van der Waals surface area contributed by atoms with Gasteiger partial charge in [0.25, 0.3) is 0 Å². The number of halogens is 1. The van der Waals surface area contributed by atoms with Gasteiger partial charge in [-0.2, -0.15) is 0 Å². The van der Waals surface area contributed by atoms with E-state index in [1.807, 2.05) is 33.0 Å². The molecule has 0 heterocycles. The first-order chi connectivity index (χ1) is 8.01. The van der Waals surface area contributed by atoms with Gasteiger partial charge < -0.3 is 10.2 Å². The minimum absolute atomic E-state index is 0.139.